The van der Waals surface area contributed by atoms with Crippen LogP contribution in [0, 0.1) is 5.92 Å². The Morgan fingerprint density at radius 3 is 2.17 bits per heavy atom. The van der Waals surface area contributed by atoms with Gasteiger partial charge in [-0.3, -0.25) is 0 Å². The van der Waals surface area contributed by atoms with Crippen molar-refractivity contribution in [3.05, 3.63) is 12.3 Å². The Labute approximate surface area is 75.3 Å². The van der Waals surface area contributed by atoms with Crippen LogP contribution >= 0.6 is 0 Å². The Morgan fingerprint density at radius 2 is 1.92 bits per heavy atom. The maximum absolute atomic E-state index is 13.2. The minimum atomic E-state index is -1.15. The Balaban J connectivity index is 4.05. The molecule has 2 heteroatoms. The second-order valence-electron chi connectivity index (χ2n) is 4.22. The number of hydrogen-bond acceptors (Lipinski definition) is 1. The zero-order valence-electron chi connectivity index (χ0n) is 8.82. The molecule has 0 radical (unpaired) electrons. The van der Waals surface area contributed by atoms with E-state index < -0.39 is 5.67 Å². The monoisotopic (exact) mass is 173 g/mol. The van der Waals surface area contributed by atoms with Gasteiger partial charge in [0.15, 0.2) is 0 Å². The molecule has 0 aliphatic rings. The van der Waals surface area contributed by atoms with Crippen molar-refractivity contribution in [1.29, 1.82) is 0 Å². The van der Waals surface area contributed by atoms with Crippen molar-refractivity contribution in [1.82, 2.24) is 4.90 Å². The minimum absolute atomic E-state index is 0.386. The molecular weight excluding hydrogens is 153 g/mol. The molecule has 0 fully saturated rings. The van der Waals surface area contributed by atoms with Gasteiger partial charge in [0.1, 0.15) is 5.67 Å². The molecule has 0 aliphatic heterocycles. The van der Waals surface area contributed by atoms with Gasteiger partial charge in [0, 0.05) is 12.7 Å². The molecule has 0 amide bonds. The molecule has 1 nitrogen and oxygen atoms in total. The highest BCUT2D eigenvalue weighted by Crippen LogP contribution is 2.16. The lowest BCUT2D eigenvalue weighted by atomic mass is 10.1. The van der Waals surface area contributed by atoms with E-state index in [1.165, 1.54) is 0 Å². The van der Waals surface area contributed by atoms with E-state index in [1.54, 1.807) is 13.8 Å². The van der Waals surface area contributed by atoms with E-state index in [4.69, 9.17) is 0 Å². The zero-order chi connectivity index (χ0) is 9.94. The minimum Gasteiger partial charge on any atom is -0.375 e. The third kappa shape index (κ3) is 4.37. The average Bonchev–Trinajstić information content (AvgIpc) is 1.82. The summed E-state index contributed by atoms with van der Waals surface area (Å²) in [7, 11) is 1.88. The molecule has 0 rings (SSSR count). The molecule has 0 bridgehead atoms. The molecule has 0 saturated heterocycles. The van der Waals surface area contributed by atoms with E-state index in [-0.39, 0.29) is 0 Å². The molecule has 72 valence electrons. The Kier molecular flexibility index (Phi) is 3.75. The van der Waals surface area contributed by atoms with Crippen molar-refractivity contribution in [3.63, 3.8) is 0 Å². The van der Waals surface area contributed by atoms with Crippen molar-refractivity contribution < 1.29 is 4.39 Å². The Morgan fingerprint density at radius 1 is 1.50 bits per heavy atom. The number of hydrogen-bond donors (Lipinski definition) is 0. The molecule has 0 N–H and O–H groups in total. The van der Waals surface area contributed by atoms with Crippen LogP contribution < -0.4 is 0 Å². The molecule has 0 atom stereocenters. The largest absolute Gasteiger partial charge is 0.375 e. The average molecular weight is 173 g/mol. The first kappa shape index (κ1) is 11.5. The van der Waals surface area contributed by atoms with Gasteiger partial charge in [0.05, 0.1) is 6.54 Å². The number of allylic oxidation sites excluding steroid dienone is 1. The summed E-state index contributed by atoms with van der Waals surface area (Å²) in [6.07, 6.45) is 0. The van der Waals surface area contributed by atoms with Gasteiger partial charge in [0.2, 0.25) is 0 Å². The number of nitrogens with zero attached hydrogens (tertiary/aromatic N) is 1. The number of alkyl halides is 1. The standard InChI is InChI=1S/C10H20FN/c1-8(2)9(3)12(6)7-10(4,5)11/h8H,3,7H2,1-2,4-6H3. The summed E-state index contributed by atoms with van der Waals surface area (Å²) in [5.41, 5.74) is -0.159. The highest BCUT2D eigenvalue weighted by molar-refractivity contribution is 4.97. The first-order valence-corrected chi connectivity index (χ1v) is 4.33. The normalized spacial score (nSPS) is 11.9. The van der Waals surface area contributed by atoms with Gasteiger partial charge in [-0.15, -0.1) is 0 Å². The maximum atomic E-state index is 13.2. The van der Waals surface area contributed by atoms with Crippen LogP contribution in [0.15, 0.2) is 12.3 Å². The second-order valence-corrected chi connectivity index (χ2v) is 4.22. The maximum Gasteiger partial charge on any atom is 0.122 e. The van der Waals surface area contributed by atoms with Crippen molar-refractivity contribution in [2.24, 2.45) is 5.92 Å². The Hall–Kier alpha value is -0.530. The topological polar surface area (TPSA) is 3.24 Å². The van der Waals surface area contributed by atoms with Gasteiger partial charge in [-0.1, -0.05) is 20.4 Å². The lowest BCUT2D eigenvalue weighted by Crippen LogP contribution is -2.33. The molecule has 0 unspecified atom stereocenters. The molecule has 0 aromatic rings. The van der Waals surface area contributed by atoms with Crippen LogP contribution in [0.4, 0.5) is 4.39 Å². The van der Waals surface area contributed by atoms with Crippen LogP contribution in [0.25, 0.3) is 0 Å². The fourth-order valence-electron chi connectivity index (χ4n) is 1.11. The van der Waals surface area contributed by atoms with E-state index in [0.717, 1.165) is 5.70 Å². The summed E-state index contributed by atoms with van der Waals surface area (Å²) in [5, 5.41) is 0. The van der Waals surface area contributed by atoms with E-state index in [0.29, 0.717) is 12.5 Å². The predicted molar refractivity (Wildman–Crippen MR) is 51.8 cm³/mol. The van der Waals surface area contributed by atoms with E-state index >= 15 is 0 Å². The van der Waals surface area contributed by atoms with Crippen LogP contribution in [0.1, 0.15) is 27.7 Å². The van der Waals surface area contributed by atoms with Gasteiger partial charge in [-0.25, -0.2) is 4.39 Å². The first-order chi connectivity index (χ1) is 5.24. The van der Waals surface area contributed by atoms with E-state index in [9.17, 15) is 4.39 Å². The highest BCUT2D eigenvalue weighted by atomic mass is 19.1. The summed E-state index contributed by atoms with van der Waals surface area (Å²) in [6.45, 7) is 11.6. The van der Waals surface area contributed by atoms with Gasteiger partial charge in [-0.2, -0.15) is 0 Å². The van der Waals surface area contributed by atoms with E-state index in [2.05, 4.69) is 20.4 Å². The zero-order valence-corrected chi connectivity index (χ0v) is 8.82. The summed E-state index contributed by atoms with van der Waals surface area (Å²) < 4.78 is 13.2. The fourth-order valence-corrected chi connectivity index (χ4v) is 1.11. The number of rotatable bonds is 4. The van der Waals surface area contributed by atoms with Crippen LogP contribution in [0.2, 0.25) is 0 Å². The molecule has 0 aliphatic carbocycles. The quantitative estimate of drug-likeness (QED) is 0.632. The summed E-state index contributed by atoms with van der Waals surface area (Å²) >= 11 is 0. The van der Waals surface area contributed by atoms with Gasteiger partial charge >= 0.3 is 0 Å². The second kappa shape index (κ2) is 3.92. The SMILES string of the molecule is C=C(C(C)C)N(C)CC(C)(C)F. The fraction of sp³-hybridized carbons (Fsp3) is 0.800. The lowest BCUT2D eigenvalue weighted by Gasteiger charge is -2.28. The van der Waals surface area contributed by atoms with Crippen LogP contribution in [-0.2, 0) is 0 Å². The van der Waals surface area contributed by atoms with Crippen molar-refractivity contribution >= 4 is 0 Å². The molecule has 0 aromatic carbocycles. The van der Waals surface area contributed by atoms with Gasteiger partial charge in [0.25, 0.3) is 0 Å². The lowest BCUT2D eigenvalue weighted by molar-refractivity contribution is 0.157. The molecule has 0 heterocycles. The van der Waals surface area contributed by atoms with Crippen LogP contribution in [0.3, 0.4) is 0 Å². The third-order valence-corrected chi connectivity index (χ3v) is 1.77. The van der Waals surface area contributed by atoms with Gasteiger partial charge < -0.3 is 4.90 Å². The molecular formula is C10H20FN. The third-order valence-electron chi connectivity index (χ3n) is 1.77. The van der Waals surface area contributed by atoms with Crippen molar-refractivity contribution in [2.75, 3.05) is 13.6 Å². The smallest absolute Gasteiger partial charge is 0.122 e. The number of halogens is 1. The van der Waals surface area contributed by atoms with Crippen LogP contribution in [0.5, 0.6) is 0 Å². The summed E-state index contributed by atoms with van der Waals surface area (Å²) in [4.78, 5) is 1.88. The van der Waals surface area contributed by atoms with Gasteiger partial charge in [-0.05, 0) is 19.8 Å². The van der Waals surface area contributed by atoms with Crippen molar-refractivity contribution in [3.8, 4) is 0 Å². The Bertz CT molecular complexity index is 156. The molecule has 0 aromatic heterocycles. The van der Waals surface area contributed by atoms with Crippen LogP contribution in [-0.4, -0.2) is 24.2 Å². The molecule has 12 heavy (non-hydrogen) atoms. The molecule has 0 saturated carbocycles. The van der Waals surface area contributed by atoms with Crippen molar-refractivity contribution in [2.45, 2.75) is 33.4 Å². The predicted octanol–water partition coefficient (Wildman–Crippen LogP) is 2.84. The highest BCUT2D eigenvalue weighted by Gasteiger charge is 2.19. The summed E-state index contributed by atoms with van der Waals surface area (Å²) in [6, 6.07) is 0. The summed E-state index contributed by atoms with van der Waals surface area (Å²) in [5.74, 6) is 0.386. The molecule has 0 spiro atoms. The first-order valence-electron chi connectivity index (χ1n) is 4.33. The van der Waals surface area contributed by atoms with E-state index in [1.807, 2.05) is 11.9 Å².